The number of hydrogen-bond donors (Lipinski definition) is 1. The van der Waals surface area contributed by atoms with Crippen molar-refractivity contribution in [1.29, 1.82) is 0 Å². The number of hydrogen-bond acceptors (Lipinski definition) is 3. The van der Waals surface area contributed by atoms with Crippen LogP contribution in [-0.4, -0.2) is 20.7 Å². The molecule has 0 atom stereocenters. The molecule has 0 saturated heterocycles. The number of halogens is 2. The number of carbonyl (C=O) groups is 1. The first-order valence-corrected chi connectivity index (χ1v) is 7.09. The third kappa shape index (κ3) is 3.77. The van der Waals surface area contributed by atoms with Crippen molar-refractivity contribution < 1.29 is 4.79 Å². The molecule has 1 amide bonds. The minimum absolute atomic E-state index is 0.0403. The van der Waals surface area contributed by atoms with E-state index in [1.54, 1.807) is 11.0 Å². The van der Waals surface area contributed by atoms with E-state index in [1.807, 2.05) is 18.2 Å². The van der Waals surface area contributed by atoms with Gasteiger partial charge in [-0.1, -0.05) is 15.9 Å². The molecule has 0 unspecified atom stereocenters. The highest BCUT2D eigenvalue weighted by molar-refractivity contribution is 14.1. The number of amides is 1. The molecular formula is C11H10BrIN4O. The normalized spacial score (nSPS) is 10.3. The van der Waals surface area contributed by atoms with Crippen LogP contribution in [0.25, 0.3) is 0 Å². The molecule has 2 aromatic rings. The number of anilines is 1. The molecule has 1 heterocycles. The largest absolute Gasteiger partial charge is 0.325 e. The van der Waals surface area contributed by atoms with Gasteiger partial charge in [-0.25, -0.2) is 4.98 Å². The summed E-state index contributed by atoms with van der Waals surface area (Å²) in [5, 5.41) is 6.82. The molecule has 0 radical (unpaired) electrons. The molecule has 18 heavy (non-hydrogen) atoms. The third-order valence-corrected chi connectivity index (χ3v) is 3.67. The van der Waals surface area contributed by atoms with Crippen molar-refractivity contribution in [3.8, 4) is 0 Å². The molecule has 0 aliphatic heterocycles. The van der Waals surface area contributed by atoms with Gasteiger partial charge in [0.15, 0.2) is 0 Å². The van der Waals surface area contributed by atoms with Crippen LogP contribution in [0.15, 0.2) is 35.3 Å². The van der Waals surface area contributed by atoms with Gasteiger partial charge >= 0.3 is 0 Å². The Morgan fingerprint density at radius 3 is 3.06 bits per heavy atom. The quantitative estimate of drug-likeness (QED) is 0.773. The van der Waals surface area contributed by atoms with Gasteiger partial charge in [0.2, 0.25) is 5.91 Å². The molecule has 1 N–H and O–H groups in total. The SMILES string of the molecule is O=C(CCn1cncn1)Nc1cc(Br)ccc1I. The van der Waals surface area contributed by atoms with E-state index in [0.717, 1.165) is 13.7 Å². The van der Waals surface area contributed by atoms with Crippen LogP contribution in [0.1, 0.15) is 6.42 Å². The molecule has 1 aromatic carbocycles. The summed E-state index contributed by atoms with van der Waals surface area (Å²) in [6.45, 7) is 0.524. The Bertz CT molecular complexity index is 544. The van der Waals surface area contributed by atoms with Crippen LogP contribution in [0, 0.1) is 3.57 Å². The van der Waals surface area contributed by atoms with Crippen LogP contribution in [0.5, 0.6) is 0 Å². The van der Waals surface area contributed by atoms with E-state index in [2.05, 4.69) is 53.9 Å². The molecule has 0 aliphatic rings. The maximum atomic E-state index is 11.8. The van der Waals surface area contributed by atoms with Gasteiger partial charge in [-0.2, -0.15) is 5.10 Å². The lowest BCUT2D eigenvalue weighted by atomic mass is 10.3. The van der Waals surface area contributed by atoms with Gasteiger partial charge in [-0.3, -0.25) is 9.48 Å². The number of benzene rings is 1. The first kappa shape index (κ1) is 13.5. The molecular weight excluding hydrogens is 411 g/mol. The smallest absolute Gasteiger partial charge is 0.226 e. The predicted octanol–water partition coefficient (Wildman–Crippen LogP) is 2.67. The maximum Gasteiger partial charge on any atom is 0.226 e. The fourth-order valence-electron chi connectivity index (χ4n) is 1.37. The van der Waals surface area contributed by atoms with Gasteiger partial charge in [0, 0.05) is 14.5 Å². The number of nitrogens with one attached hydrogen (secondary N) is 1. The van der Waals surface area contributed by atoms with Crippen molar-refractivity contribution >= 4 is 50.1 Å². The molecule has 7 heteroatoms. The van der Waals surface area contributed by atoms with E-state index in [1.165, 1.54) is 6.33 Å². The fraction of sp³-hybridized carbons (Fsp3) is 0.182. The van der Waals surface area contributed by atoms with Crippen LogP contribution in [-0.2, 0) is 11.3 Å². The van der Waals surface area contributed by atoms with Crippen molar-refractivity contribution in [2.24, 2.45) is 0 Å². The van der Waals surface area contributed by atoms with Gasteiger partial charge in [0.05, 0.1) is 12.2 Å². The highest BCUT2D eigenvalue weighted by Crippen LogP contribution is 2.22. The predicted molar refractivity (Wildman–Crippen MR) is 80.1 cm³/mol. The molecule has 1 aromatic heterocycles. The first-order valence-electron chi connectivity index (χ1n) is 5.22. The Balaban J connectivity index is 1.92. The van der Waals surface area contributed by atoms with E-state index in [0.29, 0.717) is 13.0 Å². The minimum Gasteiger partial charge on any atom is -0.325 e. The second kappa shape index (κ2) is 6.28. The van der Waals surface area contributed by atoms with Crippen molar-refractivity contribution in [3.05, 3.63) is 38.9 Å². The van der Waals surface area contributed by atoms with Crippen LogP contribution in [0.4, 0.5) is 5.69 Å². The number of carbonyl (C=O) groups excluding carboxylic acids is 1. The monoisotopic (exact) mass is 420 g/mol. The number of rotatable bonds is 4. The summed E-state index contributed by atoms with van der Waals surface area (Å²) < 4.78 is 3.57. The Labute approximate surface area is 126 Å². The maximum absolute atomic E-state index is 11.8. The average Bonchev–Trinajstić information content (AvgIpc) is 2.84. The Morgan fingerprint density at radius 1 is 1.50 bits per heavy atom. The molecule has 0 fully saturated rings. The molecule has 0 spiro atoms. The van der Waals surface area contributed by atoms with Gasteiger partial charge in [-0.05, 0) is 40.8 Å². The highest BCUT2D eigenvalue weighted by Gasteiger charge is 2.06. The molecule has 94 valence electrons. The van der Waals surface area contributed by atoms with Crippen LogP contribution >= 0.6 is 38.5 Å². The zero-order chi connectivity index (χ0) is 13.0. The summed E-state index contributed by atoms with van der Waals surface area (Å²) in [4.78, 5) is 15.6. The zero-order valence-corrected chi connectivity index (χ0v) is 13.1. The number of aromatic nitrogens is 3. The second-order valence-corrected chi connectivity index (χ2v) is 5.66. The molecule has 5 nitrogen and oxygen atoms in total. The molecule has 0 bridgehead atoms. The lowest BCUT2D eigenvalue weighted by Gasteiger charge is -2.07. The summed E-state index contributed by atoms with van der Waals surface area (Å²) in [6, 6.07) is 5.76. The Kier molecular flexibility index (Phi) is 4.70. The lowest BCUT2D eigenvalue weighted by molar-refractivity contribution is -0.116. The Hall–Kier alpha value is -0.960. The number of nitrogens with zero attached hydrogens (tertiary/aromatic N) is 3. The van der Waals surface area contributed by atoms with E-state index in [-0.39, 0.29) is 5.91 Å². The molecule has 0 saturated carbocycles. The minimum atomic E-state index is -0.0403. The van der Waals surface area contributed by atoms with Crippen molar-refractivity contribution in [2.45, 2.75) is 13.0 Å². The van der Waals surface area contributed by atoms with Gasteiger partial charge in [0.25, 0.3) is 0 Å². The second-order valence-electron chi connectivity index (χ2n) is 3.58. The lowest BCUT2D eigenvalue weighted by Crippen LogP contribution is -2.15. The first-order chi connectivity index (χ1) is 8.65. The van der Waals surface area contributed by atoms with E-state index in [9.17, 15) is 4.79 Å². The van der Waals surface area contributed by atoms with Crippen molar-refractivity contribution in [3.63, 3.8) is 0 Å². The topological polar surface area (TPSA) is 59.8 Å². The van der Waals surface area contributed by atoms with Gasteiger partial charge < -0.3 is 5.32 Å². The summed E-state index contributed by atoms with van der Waals surface area (Å²) in [6.07, 6.45) is 3.41. The highest BCUT2D eigenvalue weighted by atomic mass is 127. The zero-order valence-electron chi connectivity index (χ0n) is 9.31. The molecule has 2 rings (SSSR count). The van der Waals surface area contributed by atoms with Crippen molar-refractivity contribution in [1.82, 2.24) is 14.8 Å². The van der Waals surface area contributed by atoms with E-state index in [4.69, 9.17) is 0 Å². The third-order valence-electron chi connectivity index (χ3n) is 2.24. The van der Waals surface area contributed by atoms with Crippen LogP contribution < -0.4 is 5.32 Å². The summed E-state index contributed by atoms with van der Waals surface area (Å²) in [5.74, 6) is -0.0403. The number of aryl methyl sites for hydroxylation is 1. The van der Waals surface area contributed by atoms with Crippen LogP contribution in [0.3, 0.4) is 0 Å². The van der Waals surface area contributed by atoms with Crippen molar-refractivity contribution in [2.75, 3.05) is 5.32 Å². The van der Waals surface area contributed by atoms with E-state index >= 15 is 0 Å². The summed E-state index contributed by atoms with van der Waals surface area (Å²) >= 11 is 5.57. The molecule has 0 aliphatic carbocycles. The van der Waals surface area contributed by atoms with Gasteiger partial charge in [0.1, 0.15) is 12.7 Å². The summed E-state index contributed by atoms with van der Waals surface area (Å²) in [7, 11) is 0. The average molecular weight is 421 g/mol. The Morgan fingerprint density at radius 2 is 2.33 bits per heavy atom. The van der Waals surface area contributed by atoms with Crippen LogP contribution in [0.2, 0.25) is 0 Å². The standard InChI is InChI=1S/C11H10BrIN4O/c12-8-1-2-9(13)10(5-8)16-11(18)3-4-17-7-14-6-15-17/h1-2,5-7H,3-4H2,(H,16,18). The van der Waals surface area contributed by atoms with Gasteiger partial charge in [-0.15, -0.1) is 0 Å². The van der Waals surface area contributed by atoms with E-state index < -0.39 is 0 Å². The summed E-state index contributed by atoms with van der Waals surface area (Å²) in [5.41, 5.74) is 0.813. The fourth-order valence-corrected chi connectivity index (χ4v) is 2.20.